The summed E-state index contributed by atoms with van der Waals surface area (Å²) in [6, 6.07) is 2.48. The number of primary sulfonamides is 1. The Labute approximate surface area is 117 Å². The van der Waals surface area contributed by atoms with Crippen LogP contribution in [-0.2, 0) is 16.4 Å². The van der Waals surface area contributed by atoms with Gasteiger partial charge >= 0.3 is 0 Å². The molecule has 0 aromatic heterocycles. The lowest BCUT2D eigenvalue weighted by molar-refractivity contribution is -0.384. The second-order valence-corrected chi connectivity index (χ2v) is 6.42. The van der Waals surface area contributed by atoms with E-state index < -0.39 is 14.9 Å². The van der Waals surface area contributed by atoms with Crippen LogP contribution in [0.15, 0.2) is 17.0 Å². The van der Waals surface area contributed by atoms with Gasteiger partial charge in [0.25, 0.3) is 5.69 Å². The number of nitro groups is 1. The first-order valence-corrected chi connectivity index (χ1v) is 8.06. The van der Waals surface area contributed by atoms with E-state index in [0.29, 0.717) is 17.7 Å². The van der Waals surface area contributed by atoms with Gasteiger partial charge < -0.3 is 5.32 Å². The number of benzene rings is 1. The monoisotopic (exact) mass is 383 g/mol. The highest BCUT2D eigenvalue weighted by Crippen LogP contribution is 2.37. The van der Waals surface area contributed by atoms with Crippen molar-refractivity contribution in [2.75, 3.05) is 9.74 Å². The van der Waals surface area contributed by atoms with Crippen molar-refractivity contribution in [3.05, 3.63) is 27.8 Å². The van der Waals surface area contributed by atoms with Gasteiger partial charge in [0.2, 0.25) is 10.0 Å². The number of nitrogens with zero attached hydrogens (tertiary/aromatic N) is 1. The molecular weight excluding hydrogens is 373 g/mol. The lowest BCUT2D eigenvalue weighted by Crippen LogP contribution is -2.16. The fourth-order valence-corrected chi connectivity index (χ4v) is 3.02. The Morgan fingerprint density at radius 3 is 2.72 bits per heavy atom. The van der Waals surface area contributed by atoms with Gasteiger partial charge in [-0.25, -0.2) is 13.6 Å². The zero-order valence-corrected chi connectivity index (χ0v) is 12.1. The molecule has 0 spiro atoms. The second-order valence-electron chi connectivity index (χ2n) is 3.98. The molecule has 0 unspecified atom stereocenters. The topological polar surface area (TPSA) is 115 Å². The lowest BCUT2D eigenvalue weighted by Gasteiger charge is -2.06. The van der Waals surface area contributed by atoms with Gasteiger partial charge in [0, 0.05) is 16.5 Å². The molecule has 1 aliphatic heterocycles. The number of hydrogen-bond acceptors (Lipinski definition) is 5. The maximum atomic E-state index is 11.3. The maximum absolute atomic E-state index is 11.3. The molecule has 2 rings (SSSR count). The normalized spacial score (nSPS) is 18.2. The molecule has 1 aliphatic rings. The van der Waals surface area contributed by atoms with Crippen LogP contribution in [0.1, 0.15) is 5.56 Å². The summed E-state index contributed by atoms with van der Waals surface area (Å²) in [5, 5.41) is 19.0. The molecule has 1 atom stereocenters. The second kappa shape index (κ2) is 4.63. The summed E-state index contributed by atoms with van der Waals surface area (Å²) < 4.78 is 23.4. The van der Waals surface area contributed by atoms with Crippen LogP contribution >= 0.6 is 22.6 Å². The first-order valence-electron chi connectivity index (χ1n) is 4.99. The van der Waals surface area contributed by atoms with Crippen LogP contribution < -0.4 is 10.5 Å². The highest BCUT2D eigenvalue weighted by Gasteiger charge is 2.30. The fraction of sp³-hybridized carbons (Fsp3) is 0.333. The number of hydrogen-bond donors (Lipinski definition) is 2. The average Bonchev–Trinajstić information content (AvgIpc) is 2.68. The molecule has 0 saturated heterocycles. The molecule has 18 heavy (non-hydrogen) atoms. The molecular formula is C9H10IN3O4S. The van der Waals surface area contributed by atoms with Gasteiger partial charge in [-0.15, -0.1) is 0 Å². The van der Waals surface area contributed by atoms with Crippen molar-refractivity contribution in [3.8, 4) is 0 Å². The number of sulfonamides is 1. The van der Waals surface area contributed by atoms with Gasteiger partial charge in [-0.3, -0.25) is 10.1 Å². The van der Waals surface area contributed by atoms with Crippen molar-refractivity contribution in [3.63, 3.8) is 0 Å². The molecule has 0 aliphatic carbocycles. The fourth-order valence-electron chi connectivity index (χ4n) is 1.91. The number of nitrogens with two attached hydrogens (primary N) is 1. The Morgan fingerprint density at radius 1 is 1.56 bits per heavy atom. The quantitative estimate of drug-likeness (QED) is 0.350. The number of nitrogens with one attached hydrogen (secondary N) is 1. The maximum Gasteiger partial charge on any atom is 0.293 e. The number of halogens is 1. The van der Waals surface area contributed by atoms with Crippen molar-refractivity contribution in [2.24, 2.45) is 5.14 Å². The van der Waals surface area contributed by atoms with E-state index in [-0.39, 0.29) is 16.6 Å². The summed E-state index contributed by atoms with van der Waals surface area (Å²) in [4.78, 5) is 10.1. The average molecular weight is 383 g/mol. The smallest absolute Gasteiger partial charge is 0.293 e. The highest BCUT2D eigenvalue weighted by molar-refractivity contribution is 14.1. The molecule has 1 heterocycles. The molecule has 0 fully saturated rings. The van der Waals surface area contributed by atoms with E-state index >= 15 is 0 Å². The molecule has 0 amide bonds. The first-order chi connectivity index (χ1) is 8.32. The van der Waals surface area contributed by atoms with Crippen molar-refractivity contribution in [1.29, 1.82) is 0 Å². The largest absolute Gasteiger partial charge is 0.375 e. The van der Waals surface area contributed by atoms with Crippen molar-refractivity contribution in [2.45, 2.75) is 17.4 Å². The van der Waals surface area contributed by atoms with Gasteiger partial charge in [0.1, 0.15) is 5.69 Å². The Balaban J connectivity index is 2.61. The summed E-state index contributed by atoms with van der Waals surface area (Å²) in [6.45, 7) is 0. The van der Waals surface area contributed by atoms with Crippen LogP contribution in [0.3, 0.4) is 0 Å². The van der Waals surface area contributed by atoms with Crippen LogP contribution in [0.2, 0.25) is 0 Å². The minimum Gasteiger partial charge on any atom is -0.375 e. The number of alkyl halides is 1. The summed E-state index contributed by atoms with van der Waals surface area (Å²) in [6.07, 6.45) is 0.558. The summed E-state index contributed by atoms with van der Waals surface area (Å²) >= 11 is 2.17. The van der Waals surface area contributed by atoms with Crippen LogP contribution in [0, 0.1) is 10.1 Å². The third-order valence-corrected chi connectivity index (χ3v) is 4.65. The number of anilines is 1. The zero-order chi connectivity index (χ0) is 13.5. The molecule has 1 aromatic rings. The first kappa shape index (κ1) is 13.5. The van der Waals surface area contributed by atoms with E-state index in [1.54, 1.807) is 0 Å². The van der Waals surface area contributed by atoms with Crippen LogP contribution in [0.4, 0.5) is 11.4 Å². The molecule has 0 saturated carbocycles. The van der Waals surface area contributed by atoms with Crippen molar-refractivity contribution >= 4 is 44.0 Å². The third-order valence-electron chi connectivity index (χ3n) is 2.70. The Bertz CT molecular complexity index is 616. The predicted molar refractivity (Wildman–Crippen MR) is 74.5 cm³/mol. The SMILES string of the molecule is NS(=O)(=O)c1cc2c(c([N+](=O)[O-])c1)N[C@@H](CI)C2. The van der Waals surface area contributed by atoms with E-state index in [4.69, 9.17) is 5.14 Å². The molecule has 0 radical (unpaired) electrons. The molecule has 3 N–H and O–H groups in total. The molecule has 98 valence electrons. The molecule has 1 aromatic carbocycles. The van der Waals surface area contributed by atoms with Gasteiger partial charge in [0.05, 0.1) is 9.82 Å². The number of fused-ring (bicyclic) bond motifs is 1. The highest BCUT2D eigenvalue weighted by atomic mass is 127. The van der Waals surface area contributed by atoms with Gasteiger partial charge in [0.15, 0.2) is 0 Å². The van der Waals surface area contributed by atoms with Gasteiger partial charge in [-0.05, 0) is 18.1 Å². The zero-order valence-electron chi connectivity index (χ0n) is 9.09. The van der Waals surface area contributed by atoms with E-state index in [9.17, 15) is 18.5 Å². The standard InChI is InChI=1S/C9H10IN3O4S/c10-4-6-1-5-2-7(18(11,16)17)3-8(13(14)15)9(5)12-6/h2-3,6,12H,1,4H2,(H2,11,16,17)/t6-/m1/s1. The summed E-state index contributed by atoms with van der Waals surface area (Å²) in [5.74, 6) is 0. The van der Waals surface area contributed by atoms with Crippen molar-refractivity contribution in [1.82, 2.24) is 0 Å². The van der Waals surface area contributed by atoms with Gasteiger partial charge in [-0.1, -0.05) is 22.6 Å². The Kier molecular flexibility index (Phi) is 3.47. The summed E-state index contributed by atoms with van der Waals surface area (Å²) in [5.41, 5.74) is 0.771. The predicted octanol–water partition coefficient (Wildman–Crippen LogP) is 1.01. The third kappa shape index (κ3) is 2.42. The van der Waals surface area contributed by atoms with Crippen LogP contribution in [-0.4, -0.2) is 23.8 Å². The summed E-state index contributed by atoms with van der Waals surface area (Å²) in [7, 11) is -3.94. The van der Waals surface area contributed by atoms with Crippen molar-refractivity contribution < 1.29 is 13.3 Å². The number of rotatable bonds is 3. The minimum atomic E-state index is -3.94. The van der Waals surface area contributed by atoms with Gasteiger partial charge in [-0.2, -0.15) is 0 Å². The molecule has 9 heteroatoms. The van der Waals surface area contributed by atoms with E-state index in [1.807, 2.05) is 0 Å². The Morgan fingerprint density at radius 2 is 2.22 bits per heavy atom. The van der Waals surface area contributed by atoms with Crippen LogP contribution in [0.25, 0.3) is 0 Å². The van der Waals surface area contributed by atoms with E-state index in [1.165, 1.54) is 6.07 Å². The number of nitro benzene ring substituents is 1. The minimum absolute atomic E-state index is 0.0787. The molecule has 0 bridgehead atoms. The Hall–Kier alpha value is -0.940. The lowest BCUT2D eigenvalue weighted by atomic mass is 10.1. The van der Waals surface area contributed by atoms with Crippen LogP contribution in [0.5, 0.6) is 0 Å². The van der Waals surface area contributed by atoms with E-state index in [0.717, 1.165) is 10.5 Å². The van der Waals surface area contributed by atoms with E-state index in [2.05, 4.69) is 27.9 Å². The molecule has 7 nitrogen and oxygen atoms in total.